The zero-order valence-electron chi connectivity index (χ0n) is 12.2. The van der Waals surface area contributed by atoms with E-state index in [1.165, 1.54) is 24.1 Å². The molecular formula is C16H25NO2. The second-order valence-corrected chi connectivity index (χ2v) is 5.18. The SMILES string of the molecule is CC(=O)N(C/C=C(\C)CCCC=O)C1=CCCCC1. The number of carbonyl (C=O) groups is 2. The van der Waals surface area contributed by atoms with Crippen molar-refractivity contribution in [1.29, 1.82) is 0 Å². The van der Waals surface area contributed by atoms with Crippen LogP contribution in [0.1, 0.15) is 58.8 Å². The first-order valence-corrected chi connectivity index (χ1v) is 7.21. The summed E-state index contributed by atoms with van der Waals surface area (Å²) in [5, 5.41) is 0. The summed E-state index contributed by atoms with van der Waals surface area (Å²) in [6.07, 6.45) is 12.2. The first kappa shape index (κ1) is 15.7. The summed E-state index contributed by atoms with van der Waals surface area (Å²) in [6, 6.07) is 0. The van der Waals surface area contributed by atoms with E-state index >= 15 is 0 Å². The third kappa shape index (κ3) is 5.86. The normalized spacial score (nSPS) is 15.9. The van der Waals surface area contributed by atoms with Gasteiger partial charge in [0, 0.05) is 25.6 Å². The molecule has 0 aromatic rings. The van der Waals surface area contributed by atoms with Gasteiger partial charge in [-0.15, -0.1) is 0 Å². The van der Waals surface area contributed by atoms with E-state index in [-0.39, 0.29) is 5.91 Å². The van der Waals surface area contributed by atoms with Gasteiger partial charge in [-0.2, -0.15) is 0 Å². The van der Waals surface area contributed by atoms with E-state index in [0.717, 1.165) is 32.0 Å². The molecule has 0 heterocycles. The molecule has 0 N–H and O–H groups in total. The fraction of sp³-hybridized carbons (Fsp3) is 0.625. The van der Waals surface area contributed by atoms with Gasteiger partial charge in [-0.1, -0.05) is 17.7 Å². The zero-order chi connectivity index (χ0) is 14.1. The minimum atomic E-state index is 0.116. The maximum atomic E-state index is 11.7. The average molecular weight is 263 g/mol. The standard InChI is InChI=1S/C16H25NO2/c1-14(8-6-7-13-18)11-12-17(15(2)19)16-9-4-3-5-10-16/h9,11,13H,3-8,10,12H2,1-2H3/b14-11+. The molecule has 1 rings (SSSR count). The number of allylic oxidation sites excluding steroid dienone is 3. The summed E-state index contributed by atoms with van der Waals surface area (Å²) >= 11 is 0. The van der Waals surface area contributed by atoms with Gasteiger partial charge in [0.05, 0.1) is 0 Å². The summed E-state index contributed by atoms with van der Waals surface area (Å²) in [5.74, 6) is 0.116. The molecule has 0 saturated carbocycles. The third-order valence-electron chi connectivity index (χ3n) is 3.51. The number of carbonyl (C=O) groups excluding carboxylic acids is 2. The van der Waals surface area contributed by atoms with Crippen LogP contribution in [0.5, 0.6) is 0 Å². The Labute approximate surface area is 116 Å². The molecule has 106 valence electrons. The molecule has 3 heteroatoms. The van der Waals surface area contributed by atoms with Gasteiger partial charge in [-0.3, -0.25) is 4.79 Å². The number of hydrogen-bond acceptors (Lipinski definition) is 2. The molecule has 0 atom stereocenters. The van der Waals surface area contributed by atoms with Crippen LogP contribution in [0.4, 0.5) is 0 Å². The second-order valence-electron chi connectivity index (χ2n) is 5.18. The quantitative estimate of drug-likeness (QED) is 0.400. The van der Waals surface area contributed by atoms with Crippen LogP contribution in [0.25, 0.3) is 0 Å². The van der Waals surface area contributed by atoms with Gasteiger partial charge in [-0.25, -0.2) is 0 Å². The Morgan fingerprint density at radius 3 is 2.74 bits per heavy atom. The van der Waals surface area contributed by atoms with Crippen LogP contribution in [0, 0.1) is 0 Å². The Balaban J connectivity index is 2.53. The van der Waals surface area contributed by atoms with Crippen molar-refractivity contribution >= 4 is 12.2 Å². The number of nitrogens with zero attached hydrogens (tertiary/aromatic N) is 1. The van der Waals surface area contributed by atoms with Gasteiger partial charge in [0.15, 0.2) is 0 Å². The fourth-order valence-electron chi connectivity index (χ4n) is 2.33. The van der Waals surface area contributed by atoms with Crippen LogP contribution < -0.4 is 0 Å². The predicted molar refractivity (Wildman–Crippen MR) is 77.6 cm³/mol. The Kier molecular flexibility index (Phi) is 7.16. The molecule has 0 unspecified atom stereocenters. The minimum absolute atomic E-state index is 0.116. The topological polar surface area (TPSA) is 37.4 Å². The number of rotatable bonds is 7. The first-order valence-electron chi connectivity index (χ1n) is 7.21. The summed E-state index contributed by atoms with van der Waals surface area (Å²) in [6.45, 7) is 4.36. The van der Waals surface area contributed by atoms with Crippen LogP contribution in [0.15, 0.2) is 23.4 Å². The molecule has 19 heavy (non-hydrogen) atoms. The molecule has 3 nitrogen and oxygen atoms in total. The number of aldehydes is 1. The lowest BCUT2D eigenvalue weighted by Gasteiger charge is -2.25. The maximum Gasteiger partial charge on any atom is 0.223 e. The Hall–Kier alpha value is -1.38. The Bertz CT molecular complexity index is 369. The summed E-state index contributed by atoms with van der Waals surface area (Å²) in [7, 11) is 0. The van der Waals surface area contributed by atoms with Crippen molar-refractivity contribution in [3.05, 3.63) is 23.4 Å². The largest absolute Gasteiger partial charge is 0.313 e. The zero-order valence-corrected chi connectivity index (χ0v) is 12.2. The van der Waals surface area contributed by atoms with Crippen LogP contribution in [0.2, 0.25) is 0 Å². The first-order chi connectivity index (χ1) is 9.15. The number of amides is 1. The van der Waals surface area contributed by atoms with Crippen molar-refractivity contribution in [1.82, 2.24) is 4.90 Å². The monoisotopic (exact) mass is 263 g/mol. The highest BCUT2D eigenvalue weighted by Gasteiger charge is 2.14. The molecule has 0 aromatic carbocycles. The van der Waals surface area contributed by atoms with Gasteiger partial charge in [-0.05, 0) is 45.4 Å². The van der Waals surface area contributed by atoms with Crippen molar-refractivity contribution in [3.63, 3.8) is 0 Å². The third-order valence-corrected chi connectivity index (χ3v) is 3.51. The van der Waals surface area contributed by atoms with E-state index in [9.17, 15) is 9.59 Å². The fourth-order valence-corrected chi connectivity index (χ4v) is 2.33. The van der Waals surface area contributed by atoms with Gasteiger partial charge in [0.25, 0.3) is 0 Å². The molecule has 1 aliphatic rings. The lowest BCUT2D eigenvalue weighted by Crippen LogP contribution is -2.29. The average Bonchev–Trinajstić information content (AvgIpc) is 2.40. The molecule has 0 radical (unpaired) electrons. The van der Waals surface area contributed by atoms with Crippen molar-refractivity contribution in [2.24, 2.45) is 0 Å². The van der Waals surface area contributed by atoms with Crippen molar-refractivity contribution in [2.75, 3.05) is 6.54 Å². The van der Waals surface area contributed by atoms with Crippen molar-refractivity contribution in [3.8, 4) is 0 Å². The second kappa shape index (κ2) is 8.68. The van der Waals surface area contributed by atoms with Crippen LogP contribution in [-0.4, -0.2) is 23.6 Å². The van der Waals surface area contributed by atoms with Crippen molar-refractivity contribution in [2.45, 2.75) is 58.8 Å². The molecule has 0 fully saturated rings. The number of hydrogen-bond donors (Lipinski definition) is 0. The lowest BCUT2D eigenvalue weighted by atomic mass is 10.0. The van der Waals surface area contributed by atoms with Gasteiger partial charge in [0.1, 0.15) is 6.29 Å². The summed E-state index contributed by atoms with van der Waals surface area (Å²) < 4.78 is 0. The molecule has 0 aliphatic heterocycles. The predicted octanol–water partition coefficient (Wildman–Crippen LogP) is 3.61. The van der Waals surface area contributed by atoms with E-state index in [1.807, 2.05) is 4.90 Å². The van der Waals surface area contributed by atoms with Gasteiger partial charge in [0.2, 0.25) is 5.91 Å². The van der Waals surface area contributed by atoms with E-state index in [2.05, 4.69) is 19.1 Å². The van der Waals surface area contributed by atoms with E-state index in [4.69, 9.17) is 0 Å². The van der Waals surface area contributed by atoms with Gasteiger partial charge < -0.3 is 9.69 Å². The van der Waals surface area contributed by atoms with Crippen molar-refractivity contribution < 1.29 is 9.59 Å². The maximum absolute atomic E-state index is 11.7. The van der Waals surface area contributed by atoms with Crippen LogP contribution >= 0.6 is 0 Å². The van der Waals surface area contributed by atoms with Gasteiger partial charge >= 0.3 is 0 Å². The molecule has 0 saturated heterocycles. The molecule has 1 aliphatic carbocycles. The summed E-state index contributed by atoms with van der Waals surface area (Å²) in [5.41, 5.74) is 2.43. The molecule has 0 bridgehead atoms. The lowest BCUT2D eigenvalue weighted by molar-refractivity contribution is -0.126. The van der Waals surface area contributed by atoms with E-state index in [1.54, 1.807) is 6.92 Å². The highest BCUT2D eigenvalue weighted by molar-refractivity contribution is 5.75. The highest BCUT2D eigenvalue weighted by atomic mass is 16.2. The van der Waals surface area contributed by atoms with E-state index < -0.39 is 0 Å². The van der Waals surface area contributed by atoms with Crippen LogP contribution in [0.3, 0.4) is 0 Å². The smallest absolute Gasteiger partial charge is 0.223 e. The van der Waals surface area contributed by atoms with Crippen LogP contribution in [-0.2, 0) is 9.59 Å². The summed E-state index contributed by atoms with van der Waals surface area (Å²) in [4.78, 5) is 23.9. The highest BCUT2D eigenvalue weighted by Crippen LogP contribution is 2.21. The molecule has 0 aromatic heterocycles. The number of unbranched alkanes of at least 4 members (excludes halogenated alkanes) is 1. The molecule has 1 amide bonds. The molecular weight excluding hydrogens is 238 g/mol. The molecule has 0 spiro atoms. The van der Waals surface area contributed by atoms with E-state index in [0.29, 0.717) is 13.0 Å². The minimum Gasteiger partial charge on any atom is -0.313 e. The Morgan fingerprint density at radius 1 is 1.37 bits per heavy atom. The Morgan fingerprint density at radius 2 is 2.16 bits per heavy atom.